The van der Waals surface area contributed by atoms with Crippen LogP contribution in [0.2, 0.25) is 0 Å². The van der Waals surface area contributed by atoms with Crippen molar-refractivity contribution in [2.75, 3.05) is 0 Å². The van der Waals surface area contributed by atoms with Crippen LogP contribution in [0.15, 0.2) is 35.2 Å². The van der Waals surface area contributed by atoms with Gasteiger partial charge in [0.05, 0.1) is 10.8 Å². The average Bonchev–Trinajstić information content (AvgIpc) is 2.30. The van der Waals surface area contributed by atoms with Crippen molar-refractivity contribution in [2.45, 2.75) is 36.3 Å². The van der Waals surface area contributed by atoms with E-state index in [9.17, 15) is 9.00 Å². The van der Waals surface area contributed by atoms with Crippen LogP contribution >= 0.6 is 0 Å². The van der Waals surface area contributed by atoms with Gasteiger partial charge in [0.15, 0.2) is 0 Å². The summed E-state index contributed by atoms with van der Waals surface area (Å²) < 4.78 is 12.0. The third-order valence-electron chi connectivity index (χ3n) is 2.33. The van der Waals surface area contributed by atoms with E-state index in [1.54, 1.807) is 24.3 Å². The first kappa shape index (κ1) is 12.9. The van der Waals surface area contributed by atoms with Gasteiger partial charge in [-0.05, 0) is 18.6 Å². The van der Waals surface area contributed by atoms with Gasteiger partial charge in [-0.25, -0.2) is 0 Å². The highest BCUT2D eigenvalue weighted by molar-refractivity contribution is 7.86. The van der Waals surface area contributed by atoms with Crippen molar-refractivity contribution >= 4 is 16.8 Å². The highest BCUT2D eigenvalue weighted by Crippen LogP contribution is 2.16. The zero-order valence-corrected chi connectivity index (χ0v) is 10.1. The van der Waals surface area contributed by atoms with Crippen LogP contribution in [-0.4, -0.2) is 20.5 Å². The van der Waals surface area contributed by atoms with Gasteiger partial charge in [0.25, 0.3) is 0 Å². The second-order valence-corrected chi connectivity index (χ2v) is 5.21. The Bertz CT molecular complexity index is 362. The zero-order chi connectivity index (χ0) is 12.0. The third kappa shape index (κ3) is 3.45. The molecule has 4 heteroatoms. The van der Waals surface area contributed by atoms with Crippen LogP contribution in [-0.2, 0) is 15.6 Å². The molecule has 0 aliphatic heterocycles. The molecule has 0 heterocycles. The lowest BCUT2D eigenvalue weighted by Crippen LogP contribution is -2.25. The topological polar surface area (TPSA) is 54.4 Å². The predicted octanol–water partition coefficient (Wildman–Crippen LogP) is 2.44. The summed E-state index contributed by atoms with van der Waals surface area (Å²) in [5, 5.41) is 8.25. The molecule has 0 aliphatic rings. The molecule has 0 fully saturated rings. The number of aliphatic carboxylic acids is 1. The first-order valence-electron chi connectivity index (χ1n) is 5.35. The number of unbranched alkanes of at least 4 members (excludes halogenated alkanes) is 1. The molecule has 0 aliphatic carbocycles. The van der Waals surface area contributed by atoms with Crippen LogP contribution in [0.5, 0.6) is 0 Å². The lowest BCUT2D eigenvalue weighted by molar-refractivity contribution is -0.136. The summed E-state index contributed by atoms with van der Waals surface area (Å²) in [5.41, 5.74) is 0. The van der Waals surface area contributed by atoms with Crippen molar-refractivity contribution in [3.63, 3.8) is 0 Å². The maximum absolute atomic E-state index is 12.0. The van der Waals surface area contributed by atoms with Crippen LogP contribution in [0.25, 0.3) is 0 Å². The molecule has 3 nitrogen and oxygen atoms in total. The molecule has 1 aromatic carbocycles. The SMILES string of the molecule is CCCCC(C(=O)O)S(=O)c1ccccc1. The van der Waals surface area contributed by atoms with Gasteiger partial charge in [0.2, 0.25) is 0 Å². The molecule has 0 bridgehead atoms. The minimum Gasteiger partial charge on any atom is -0.480 e. The maximum Gasteiger partial charge on any atom is 0.319 e. The Morgan fingerprint density at radius 2 is 2.00 bits per heavy atom. The summed E-state index contributed by atoms with van der Waals surface area (Å²) in [6.07, 6.45) is 2.17. The molecule has 1 aromatic rings. The summed E-state index contributed by atoms with van der Waals surface area (Å²) in [6.45, 7) is 1.99. The molecule has 0 amide bonds. The van der Waals surface area contributed by atoms with Crippen molar-refractivity contribution in [1.82, 2.24) is 0 Å². The van der Waals surface area contributed by atoms with Crippen LogP contribution in [0, 0.1) is 0 Å². The quantitative estimate of drug-likeness (QED) is 0.831. The van der Waals surface area contributed by atoms with Crippen LogP contribution in [0.4, 0.5) is 0 Å². The van der Waals surface area contributed by atoms with Gasteiger partial charge in [-0.15, -0.1) is 0 Å². The van der Waals surface area contributed by atoms with Gasteiger partial charge in [-0.3, -0.25) is 9.00 Å². The van der Waals surface area contributed by atoms with Gasteiger partial charge < -0.3 is 5.11 Å². The predicted molar refractivity (Wildman–Crippen MR) is 63.8 cm³/mol. The van der Waals surface area contributed by atoms with Crippen molar-refractivity contribution in [3.05, 3.63) is 30.3 Å². The standard InChI is InChI=1S/C12H16O3S/c1-2-3-9-11(12(13)14)16(15)10-7-5-4-6-8-10/h4-8,11H,2-3,9H2,1H3,(H,13,14). The average molecular weight is 240 g/mol. The highest BCUT2D eigenvalue weighted by Gasteiger charge is 2.24. The van der Waals surface area contributed by atoms with E-state index < -0.39 is 22.0 Å². The van der Waals surface area contributed by atoms with E-state index in [0.29, 0.717) is 11.3 Å². The second kappa shape index (κ2) is 6.43. The van der Waals surface area contributed by atoms with E-state index in [2.05, 4.69) is 0 Å². The Balaban J connectivity index is 2.79. The van der Waals surface area contributed by atoms with Crippen LogP contribution in [0.3, 0.4) is 0 Å². The van der Waals surface area contributed by atoms with Gasteiger partial charge in [0.1, 0.15) is 5.25 Å². The van der Waals surface area contributed by atoms with E-state index in [1.807, 2.05) is 13.0 Å². The lowest BCUT2D eigenvalue weighted by atomic mass is 10.2. The van der Waals surface area contributed by atoms with Crippen LogP contribution in [0.1, 0.15) is 26.2 Å². The molecule has 0 spiro atoms. The minimum absolute atomic E-state index is 0.466. The fourth-order valence-corrected chi connectivity index (χ4v) is 2.75. The Kier molecular flexibility index (Phi) is 5.19. The summed E-state index contributed by atoms with van der Waals surface area (Å²) in [4.78, 5) is 11.6. The molecule has 2 atom stereocenters. The summed E-state index contributed by atoms with van der Waals surface area (Å²) in [7, 11) is -1.45. The first-order valence-corrected chi connectivity index (χ1v) is 6.56. The largest absolute Gasteiger partial charge is 0.480 e. The van der Waals surface area contributed by atoms with Gasteiger partial charge in [-0.2, -0.15) is 0 Å². The molecule has 88 valence electrons. The molecule has 1 rings (SSSR count). The number of hydrogen-bond acceptors (Lipinski definition) is 2. The van der Waals surface area contributed by atoms with E-state index in [0.717, 1.165) is 12.8 Å². The Hall–Kier alpha value is -1.16. The maximum atomic E-state index is 12.0. The number of benzene rings is 1. The summed E-state index contributed by atoms with van der Waals surface area (Å²) in [5.74, 6) is -0.976. The van der Waals surface area contributed by atoms with E-state index in [-0.39, 0.29) is 0 Å². The number of rotatable bonds is 6. The van der Waals surface area contributed by atoms with Gasteiger partial charge in [0, 0.05) is 4.90 Å². The molecule has 0 radical (unpaired) electrons. The molecule has 0 saturated carbocycles. The van der Waals surface area contributed by atoms with Gasteiger partial charge >= 0.3 is 5.97 Å². The molecule has 0 saturated heterocycles. The summed E-state index contributed by atoms with van der Waals surface area (Å²) in [6, 6.07) is 8.77. The number of carboxylic acids is 1. The smallest absolute Gasteiger partial charge is 0.319 e. The fourth-order valence-electron chi connectivity index (χ4n) is 1.43. The van der Waals surface area contributed by atoms with E-state index in [1.165, 1.54) is 0 Å². The van der Waals surface area contributed by atoms with E-state index in [4.69, 9.17) is 5.11 Å². The molecule has 2 unspecified atom stereocenters. The van der Waals surface area contributed by atoms with Crippen LogP contribution < -0.4 is 0 Å². The minimum atomic E-state index is -1.45. The van der Waals surface area contributed by atoms with Crippen molar-refractivity contribution in [2.24, 2.45) is 0 Å². The highest BCUT2D eigenvalue weighted by atomic mass is 32.2. The Morgan fingerprint density at radius 1 is 1.38 bits per heavy atom. The second-order valence-electron chi connectivity index (χ2n) is 3.58. The number of carboxylic acid groups (broad SMARTS) is 1. The Labute approximate surface area is 98.0 Å². The van der Waals surface area contributed by atoms with Crippen molar-refractivity contribution < 1.29 is 14.1 Å². The zero-order valence-electron chi connectivity index (χ0n) is 9.26. The lowest BCUT2D eigenvalue weighted by Gasteiger charge is -2.11. The van der Waals surface area contributed by atoms with Crippen molar-refractivity contribution in [3.8, 4) is 0 Å². The fraction of sp³-hybridized carbons (Fsp3) is 0.417. The first-order chi connectivity index (χ1) is 7.66. The summed E-state index contributed by atoms with van der Waals surface area (Å²) >= 11 is 0. The Morgan fingerprint density at radius 3 is 2.50 bits per heavy atom. The molecule has 1 N–H and O–H groups in total. The molecule has 0 aromatic heterocycles. The molecule has 16 heavy (non-hydrogen) atoms. The van der Waals surface area contributed by atoms with Crippen molar-refractivity contribution in [1.29, 1.82) is 0 Å². The third-order valence-corrected chi connectivity index (χ3v) is 4.02. The normalized spacial score (nSPS) is 14.3. The van der Waals surface area contributed by atoms with E-state index >= 15 is 0 Å². The van der Waals surface area contributed by atoms with Gasteiger partial charge in [-0.1, -0.05) is 38.0 Å². The number of carbonyl (C=O) groups is 1. The monoisotopic (exact) mass is 240 g/mol. The molecular weight excluding hydrogens is 224 g/mol. The molecular formula is C12H16O3S. The number of hydrogen-bond donors (Lipinski definition) is 1.